The largest absolute Gasteiger partial charge is 0.507 e. The molecule has 0 unspecified atom stereocenters. The van der Waals surface area contributed by atoms with Crippen LogP contribution in [0.15, 0.2) is 42.5 Å². The number of phenolic OH excluding ortho intramolecular Hbond substituents is 1. The Morgan fingerprint density at radius 2 is 1.82 bits per heavy atom. The van der Waals surface area contributed by atoms with Gasteiger partial charge < -0.3 is 9.84 Å². The number of rotatable bonds is 5. The maximum atomic E-state index is 12.0. The number of carbonyl (C=O) groups excluding carboxylic acids is 2. The Labute approximate surface area is 133 Å². The van der Waals surface area contributed by atoms with Crippen molar-refractivity contribution in [3.63, 3.8) is 0 Å². The van der Waals surface area contributed by atoms with Crippen LogP contribution in [-0.2, 0) is 11.2 Å². The molecule has 0 aliphatic carbocycles. The zero-order valence-electron chi connectivity index (χ0n) is 12.0. The molecule has 5 heteroatoms. The number of Topliss-reactive ketones (excluding diaryl/α,β-unsaturated/α-hetero) is 1. The maximum Gasteiger partial charge on any atom is 0.342 e. The average molecular weight is 319 g/mol. The van der Waals surface area contributed by atoms with Crippen molar-refractivity contribution in [2.24, 2.45) is 0 Å². The smallest absolute Gasteiger partial charge is 0.342 e. The fourth-order valence-electron chi connectivity index (χ4n) is 1.90. The van der Waals surface area contributed by atoms with E-state index in [-0.39, 0.29) is 23.7 Å². The van der Waals surface area contributed by atoms with Crippen molar-refractivity contribution < 1.29 is 19.4 Å². The van der Waals surface area contributed by atoms with Crippen LogP contribution in [0.1, 0.15) is 33.2 Å². The lowest BCUT2D eigenvalue weighted by molar-refractivity contribution is 0.0472. The van der Waals surface area contributed by atoms with E-state index in [1.807, 2.05) is 19.1 Å². The first-order chi connectivity index (χ1) is 10.5. The van der Waals surface area contributed by atoms with Gasteiger partial charge >= 0.3 is 5.97 Å². The molecule has 0 bridgehead atoms. The van der Waals surface area contributed by atoms with Gasteiger partial charge in [0.1, 0.15) is 11.3 Å². The highest BCUT2D eigenvalue weighted by Crippen LogP contribution is 2.22. The van der Waals surface area contributed by atoms with E-state index < -0.39 is 5.97 Å². The summed E-state index contributed by atoms with van der Waals surface area (Å²) in [5.74, 6) is -1.35. The summed E-state index contributed by atoms with van der Waals surface area (Å²) >= 11 is 5.69. The number of ketones is 1. The van der Waals surface area contributed by atoms with E-state index in [1.54, 1.807) is 12.1 Å². The van der Waals surface area contributed by atoms with Crippen LogP contribution in [0, 0.1) is 0 Å². The first-order valence-electron chi connectivity index (χ1n) is 6.79. The molecule has 114 valence electrons. The zero-order chi connectivity index (χ0) is 16.1. The molecule has 22 heavy (non-hydrogen) atoms. The maximum absolute atomic E-state index is 12.0. The van der Waals surface area contributed by atoms with Gasteiger partial charge in [0, 0.05) is 10.6 Å². The van der Waals surface area contributed by atoms with Gasteiger partial charge in [-0.15, -0.1) is 0 Å². The number of hydrogen-bond acceptors (Lipinski definition) is 4. The Bertz CT molecular complexity index is 692. The van der Waals surface area contributed by atoms with Crippen molar-refractivity contribution in [2.75, 3.05) is 6.61 Å². The Morgan fingerprint density at radius 1 is 1.14 bits per heavy atom. The van der Waals surface area contributed by atoms with Gasteiger partial charge in [0.2, 0.25) is 0 Å². The SMILES string of the molecule is CCc1ccc(C(=O)COC(=O)c2ccc(Cl)cc2O)cc1. The van der Waals surface area contributed by atoms with Gasteiger partial charge in [-0.05, 0) is 30.2 Å². The monoisotopic (exact) mass is 318 g/mol. The van der Waals surface area contributed by atoms with Crippen molar-refractivity contribution >= 4 is 23.4 Å². The Kier molecular flexibility index (Phi) is 5.17. The van der Waals surface area contributed by atoms with Gasteiger partial charge in [-0.2, -0.15) is 0 Å². The van der Waals surface area contributed by atoms with Crippen LogP contribution in [0.2, 0.25) is 5.02 Å². The minimum atomic E-state index is -0.771. The highest BCUT2D eigenvalue weighted by atomic mass is 35.5. The van der Waals surface area contributed by atoms with Crippen molar-refractivity contribution in [3.05, 3.63) is 64.2 Å². The van der Waals surface area contributed by atoms with E-state index >= 15 is 0 Å². The summed E-state index contributed by atoms with van der Waals surface area (Å²) in [5, 5.41) is 9.94. The topological polar surface area (TPSA) is 63.6 Å². The van der Waals surface area contributed by atoms with Crippen LogP contribution in [0.5, 0.6) is 5.75 Å². The molecule has 0 spiro atoms. The van der Waals surface area contributed by atoms with E-state index in [1.165, 1.54) is 18.2 Å². The summed E-state index contributed by atoms with van der Waals surface area (Å²) in [7, 11) is 0. The molecule has 4 nitrogen and oxygen atoms in total. The van der Waals surface area contributed by atoms with Crippen LogP contribution in [0.25, 0.3) is 0 Å². The summed E-state index contributed by atoms with van der Waals surface area (Å²) < 4.78 is 4.93. The van der Waals surface area contributed by atoms with E-state index in [9.17, 15) is 14.7 Å². The van der Waals surface area contributed by atoms with Crippen LogP contribution in [0.3, 0.4) is 0 Å². The van der Waals surface area contributed by atoms with E-state index in [0.717, 1.165) is 12.0 Å². The molecule has 1 N–H and O–H groups in total. The highest BCUT2D eigenvalue weighted by Gasteiger charge is 2.15. The highest BCUT2D eigenvalue weighted by molar-refractivity contribution is 6.30. The molecule has 2 aromatic rings. The second kappa shape index (κ2) is 7.09. The minimum absolute atomic E-state index is 0.0291. The van der Waals surface area contributed by atoms with E-state index in [0.29, 0.717) is 10.6 Å². The van der Waals surface area contributed by atoms with Gasteiger partial charge in [0.25, 0.3) is 0 Å². The van der Waals surface area contributed by atoms with Gasteiger partial charge in [-0.3, -0.25) is 4.79 Å². The van der Waals surface area contributed by atoms with Crippen LogP contribution in [-0.4, -0.2) is 23.5 Å². The zero-order valence-corrected chi connectivity index (χ0v) is 12.8. The van der Waals surface area contributed by atoms with Gasteiger partial charge in [-0.1, -0.05) is 42.8 Å². The number of ether oxygens (including phenoxy) is 1. The molecule has 0 saturated heterocycles. The number of halogens is 1. The molecular weight excluding hydrogens is 304 g/mol. The van der Waals surface area contributed by atoms with Gasteiger partial charge in [0.05, 0.1) is 0 Å². The number of esters is 1. The molecule has 0 aliphatic heterocycles. The third kappa shape index (κ3) is 3.86. The Morgan fingerprint density at radius 3 is 2.41 bits per heavy atom. The normalized spacial score (nSPS) is 10.3. The second-order valence-corrected chi connectivity index (χ2v) is 5.15. The summed E-state index contributed by atoms with van der Waals surface area (Å²) in [6.45, 7) is 1.64. The molecular formula is C17H15ClO4. The fraction of sp³-hybridized carbons (Fsp3) is 0.176. The summed E-state index contributed by atoms with van der Waals surface area (Å²) in [5.41, 5.74) is 1.57. The van der Waals surface area contributed by atoms with Crippen LogP contribution < -0.4 is 0 Å². The second-order valence-electron chi connectivity index (χ2n) is 4.71. The summed E-state index contributed by atoms with van der Waals surface area (Å²) in [6.07, 6.45) is 0.888. The molecule has 0 saturated carbocycles. The van der Waals surface area contributed by atoms with E-state index in [4.69, 9.17) is 16.3 Å². The van der Waals surface area contributed by atoms with Crippen LogP contribution in [0.4, 0.5) is 0 Å². The molecule has 0 amide bonds. The van der Waals surface area contributed by atoms with Crippen molar-refractivity contribution in [1.82, 2.24) is 0 Å². The molecule has 2 rings (SSSR count). The molecule has 0 atom stereocenters. The minimum Gasteiger partial charge on any atom is -0.507 e. The summed E-state index contributed by atoms with van der Waals surface area (Å²) in [6, 6.07) is 11.2. The lowest BCUT2D eigenvalue weighted by Gasteiger charge is -2.06. The quantitative estimate of drug-likeness (QED) is 0.675. The predicted molar refractivity (Wildman–Crippen MR) is 83.5 cm³/mol. The van der Waals surface area contributed by atoms with Crippen LogP contribution >= 0.6 is 11.6 Å². The van der Waals surface area contributed by atoms with Gasteiger partial charge in [0.15, 0.2) is 12.4 Å². The number of aryl methyl sites for hydroxylation is 1. The third-order valence-corrected chi connectivity index (χ3v) is 3.43. The molecule has 2 aromatic carbocycles. The third-order valence-electron chi connectivity index (χ3n) is 3.20. The molecule has 0 radical (unpaired) electrons. The number of carbonyl (C=O) groups is 2. The summed E-state index contributed by atoms with van der Waals surface area (Å²) in [4.78, 5) is 23.8. The Hall–Kier alpha value is -2.33. The van der Waals surface area contributed by atoms with Crippen molar-refractivity contribution in [3.8, 4) is 5.75 Å². The number of phenols is 1. The number of hydrogen-bond donors (Lipinski definition) is 1. The molecule has 0 aromatic heterocycles. The first-order valence-corrected chi connectivity index (χ1v) is 7.17. The molecule has 0 aliphatic rings. The number of aromatic hydroxyl groups is 1. The standard InChI is InChI=1S/C17H15ClO4/c1-2-11-3-5-12(6-4-11)16(20)10-22-17(21)14-8-7-13(18)9-15(14)19/h3-9,19H,2,10H2,1H3. The lowest BCUT2D eigenvalue weighted by Crippen LogP contribution is -2.14. The fourth-order valence-corrected chi connectivity index (χ4v) is 2.06. The first kappa shape index (κ1) is 16.0. The Balaban J connectivity index is 1.99. The average Bonchev–Trinajstić information content (AvgIpc) is 2.52. The van der Waals surface area contributed by atoms with Crippen molar-refractivity contribution in [1.29, 1.82) is 0 Å². The molecule has 0 fully saturated rings. The van der Waals surface area contributed by atoms with Gasteiger partial charge in [-0.25, -0.2) is 4.79 Å². The van der Waals surface area contributed by atoms with E-state index in [2.05, 4.69) is 0 Å². The molecule has 0 heterocycles. The van der Waals surface area contributed by atoms with Crippen molar-refractivity contribution in [2.45, 2.75) is 13.3 Å². The lowest BCUT2D eigenvalue weighted by atomic mass is 10.1. The predicted octanol–water partition coefficient (Wildman–Crippen LogP) is 3.65. The number of benzene rings is 2.